The molecule has 1 aromatic carbocycles. The van der Waals surface area contributed by atoms with Crippen molar-refractivity contribution in [2.75, 3.05) is 24.3 Å². The Kier molecular flexibility index (Phi) is 4.78. The summed E-state index contributed by atoms with van der Waals surface area (Å²) < 4.78 is 0. The van der Waals surface area contributed by atoms with Crippen LogP contribution in [0.15, 0.2) is 46.5 Å². The first kappa shape index (κ1) is 16.0. The Hall–Kier alpha value is -2.40. The van der Waals surface area contributed by atoms with Crippen molar-refractivity contribution in [1.82, 2.24) is 0 Å². The number of amides is 1. The highest BCUT2D eigenvalue weighted by molar-refractivity contribution is 6.47. The summed E-state index contributed by atoms with van der Waals surface area (Å²) in [4.78, 5) is 29.1. The number of carbonyl (C=O) groups excluding carboxylic acids is 2. The van der Waals surface area contributed by atoms with Gasteiger partial charge in [-0.15, -0.1) is 0 Å². The molecule has 1 N–H and O–H groups in total. The summed E-state index contributed by atoms with van der Waals surface area (Å²) in [5.41, 5.74) is 2.68. The first-order chi connectivity index (χ1) is 10.4. The minimum atomic E-state index is -0.245. The van der Waals surface area contributed by atoms with Crippen LogP contribution in [0, 0.1) is 0 Å². The zero-order valence-electron chi connectivity index (χ0n) is 12.6. The molecule has 0 unspecified atom stereocenters. The standard InChI is InChI=1S/C16H16ClN3O2/c1-10(21)18-15-9-12(20(2)3)5-6-14(15)19-11-4-7-16(22)13(17)8-11/h4-9H,1-3H3,(H,18,21). The molecule has 0 heterocycles. The van der Waals surface area contributed by atoms with Crippen molar-refractivity contribution in [2.45, 2.75) is 6.92 Å². The van der Waals surface area contributed by atoms with E-state index in [-0.39, 0.29) is 16.7 Å². The van der Waals surface area contributed by atoms with Crippen molar-refractivity contribution < 1.29 is 9.59 Å². The SMILES string of the molecule is CC(=O)Nc1cc(N(C)C)ccc1N=C1C=CC(=O)C(Cl)=C1. The topological polar surface area (TPSA) is 61.8 Å². The van der Waals surface area contributed by atoms with Crippen LogP contribution in [-0.4, -0.2) is 31.5 Å². The summed E-state index contributed by atoms with van der Waals surface area (Å²) in [6.45, 7) is 1.44. The number of carbonyl (C=O) groups is 2. The number of hydrogen-bond donors (Lipinski definition) is 1. The molecule has 0 fully saturated rings. The molecule has 0 bridgehead atoms. The number of nitrogens with zero attached hydrogens (tertiary/aromatic N) is 2. The second-order valence-electron chi connectivity index (χ2n) is 5.00. The van der Waals surface area contributed by atoms with E-state index < -0.39 is 0 Å². The quantitative estimate of drug-likeness (QED) is 0.872. The van der Waals surface area contributed by atoms with Crippen LogP contribution in [0.2, 0.25) is 0 Å². The smallest absolute Gasteiger partial charge is 0.221 e. The fourth-order valence-corrected chi connectivity index (χ4v) is 2.06. The maximum Gasteiger partial charge on any atom is 0.221 e. The summed E-state index contributed by atoms with van der Waals surface area (Å²) in [5, 5.41) is 2.88. The van der Waals surface area contributed by atoms with E-state index >= 15 is 0 Å². The molecule has 0 radical (unpaired) electrons. The van der Waals surface area contributed by atoms with E-state index in [0.29, 0.717) is 17.1 Å². The van der Waals surface area contributed by atoms with Crippen molar-refractivity contribution in [3.05, 3.63) is 41.5 Å². The van der Waals surface area contributed by atoms with Gasteiger partial charge in [0.15, 0.2) is 5.78 Å². The Morgan fingerprint density at radius 1 is 1.27 bits per heavy atom. The molecule has 0 spiro atoms. The predicted octanol–water partition coefficient (Wildman–Crippen LogP) is 3.05. The normalized spacial score (nSPS) is 15.7. The third kappa shape index (κ3) is 3.83. The second kappa shape index (κ2) is 6.58. The van der Waals surface area contributed by atoms with E-state index in [1.807, 2.05) is 31.1 Å². The molecule has 1 aliphatic rings. The molecule has 0 aromatic heterocycles. The van der Waals surface area contributed by atoms with Gasteiger partial charge >= 0.3 is 0 Å². The third-order valence-corrected chi connectivity index (χ3v) is 3.27. The maximum absolute atomic E-state index is 11.4. The molecular formula is C16H16ClN3O2. The Labute approximate surface area is 134 Å². The van der Waals surface area contributed by atoms with Crippen LogP contribution in [0.25, 0.3) is 0 Å². The lowest BCUT2D eigenvalue weighted by Crippen LogP contribution is -2.11. The number of ketones is 1. The molecule has 0 aliphatic heterocycles. The van der Waals surface area contributed by atoms with Crippen molar-refractivity contribution in [3.8, 4) is 0 Å². The van der Waals surface area contributed by atoms with Crippen LogP contribution in [0.5, 0.6) is 0 Å². The van der Waals surface area contributed by atoms with Crippen molar-refractivity contribution in [2.24, 2.45) is 4.99 Å². The van der Waals surface area contributed by atoms with Crippen LogP contribution in [0.1, 0.15) is 6.92 Å². The highest BCUT2D eigenvalue weighted by Crippen LogP contribution is 2.30. The minimum Gasteiger partial charge on any atom is -0.378 e. The van der Waals surface area contributed by atoms with Crippen molar-refractivity contribution in [3.63, 3.8) is 0 Å². The zero-order chi connectivity index (χ0) is 16.3. The molecule has 22 heavy (non-hydrogen) atoms. The molecule has 2 rings (SSSR count). The van der Waals surface area contributed by atoms with Gasteiger partial charge in [0.25, 0.3) is 0 Å². The number of benzene rings is 1. The van der Waals surface area contributed by atoms with Gasteiger partial charge in [0.05, 0.1) is 22.1 Å². The number of nitrogens with one attached hydrogen (secondary N) is 1. The van der Waals surface area contributed by atoms with E-state index in [1.165, 1.54) is 19.1 Å². The van der Waals surface area contributed by atoms with Gasteiger partial charge in [0, 0.05) is 26.7 Å². The lowest BCUT2D eigenvalue weighted by atomic mass is 10.1. The van der Waals surface area contributed by atoms with E-state index in [4.69, 9.17) is 11.6 Å². The fourth-order valence-electron chi connectivity index (χ4n) is 1.89. The van der Waals surface area contributed by atoms with Crippen LogP contribution in [0.3, 0.4) is 0 Å². The number of halogens is 1. The van der Waals surface area contributed by atoms with Gasteiger partial charge in [-0.25, -0.2) is 4.99 Å². The third-order valence-electron chi connectivity index (χ3n) is 2.97. The Morgan fingerprint density at radius 2 is 2.00 bits per heavy atom. The van der Waals surface area contributed by atoms with Crippen LogP contribution < -0.4 is 10.2 Å². The van der Waals surface area contributed by atoms with E-state index in [9.17, 15) is 9.59 Å². The molecule has 0 saturated heterocycles. The molecule has 114 valence electrons. The zero-order valence-corrected chi connectivity index (χ0v) is 13.3. The highest BCUT2D eigenvalue weighted by Gasteiger charge is 2.11. The number of anilines is 2. The minimum absolute atomic E-state index is 0.118. The number of allylic oxidation sites excluding steroid dienone is 4. The number of rotatable bonds is 3. The summed E-state index contributed by atoms with van der Waals surface area (Å²) in [5.74, 6) is -0.425. The van der Waals surface area contributed by atoms with Crippen LogP contribution >= 0.6 is 11.6 Å². The largest absolute Gasteiger partial charge is 0.378 e. The first-order valence-electron chi connectivity index (χ1n) is 6.64. The molecule has 1 aliphatic carbocycles. The van der Waals surface area contributed by atoms with E-state index in [1.54, 1.807) is 12.1 Å². The van der Waals surface area contributed by atoms with Gasteiger partial charge in [-0.3, -0.25) is 9.59 Å². The monoisotopic (exact) mass is 317 g/mol. The highest BCUT2D eigenvalue weighted by atomic mass is 35.5. The lowest BCUT2D eigenvalue weighted by Gasteiger charge is -2.15. The molecule has 0 saturated carbocycles. The average molecular weight is 318 g/mol. The van der Waals surface area contributed by atoms with Gasteiger partial charge < -0.3 is 10.2 Å². The number of hydrogen-bond acceptors (Lipinski definition) is 4. The van der Waals surface area contributed by atoms with Gasteiger partial charge in [0.1, 0.15) is 0 Å². The second-order valence-corrected chi connectivity index (χ2v) is 5.41. The summed E-state index contributed by atoms with van der Waals surface area (Å²) in [7, 11) is 3.83. The maximum atomic E-state index is 11.4. The molecular weight excluding hydrogens is 302 g/mol. The van der Waals surface area contributed by atoms with Crippen LogP contribution in [0.4, 0.5) is 17.1 Å². The van der Waals surface area contributed by atoms with Gasteiger partial charge in [-0.2, -0.15) is 0 Å². The van der Waals surface area contributed by atoms with Gasteiger partial charge in [0.2, 0.25) is 5.91 Å². The molecule has 1 amide bonds. The van der Waals surface area contributed by atoms with Gasteiger partial charge in [-0.1, -0.05) is 11.6 Å². The van der Waals surface area contributed by atoms with Crippen molar-refractivity contribution in [1.29, 1.82) is 0 Å². The van der Waals surface area contributed by atoms with E-state index in [2.05, 4.69) is 10.3 Å². The summed E-state index contributed by atoms with van der Waals surface area (Å²) in [6.07, 6.45) is 4.46. The van der Waals surface area contributed by atoms with Crippen LogP contribution in [-0.2, 0) is 9.59 Å². The lowest BCUT2D eigenvalue weighted by molar-refractivity contribution is -0.114. The van der Waals surface area contributed by atoms with Gasteiger partial charge in [-0.05, 0) is 36.4 Å². The Bertz CT molecular complexity index is 718. The molecule has 5 nitrogen and oxygen atoms in total. The molecule has 0 atom stereocenters. The fraction of sp³-hybridized carbons (Fsp3) is 0.188. The Balaban J connectivity index is 2.44. The number of aliphatic imine (C=N–C) groups is 1. The molecule has 1 aromatic rings. The van der Waals surface area contributed by atoms with E-state index in [0.717, 1.165) is 5.69 Å². The summed E-state index contributed by atoms with van der Waals surface area (Å²) in [6, 6.07) is 5.54. The first-order valence-corrected chi connectivity index (χ1v) is 7.02. The molecule has 6 heteroatoms. The predicted molar refractivity (Wildman–Crippen MR) is 90.3 cm³/mol. The van der Waals surface area contributed by atoms with Crippen molar-refractivity contribution >= 4 is 46.1 Å². The average Bonchev–Trinajstić information content (AvgIpc) is 2.44. The summed E-state index contributed by atoms with van der Waals surface area (Å²) >= 11 is 5.82. The Morgan fingerprint density at radius 3 is 2.59 bits per heavy atom.